The first kappa shape index (κ1) is 10.7. The molecule has 80 valence electrons. The molecule has 0 aliphatic heterocycles. The fraction of sp³-hybridized carbons (Fsp3) is 0.429. The van der Waals surface area contributed by atoms with Crippen LogP contribution in [0.4, 0.5) is 0 Å². The van der Waals surface area contributed by atoms with E-state index in [0.717, 1.165) is 0 Å². The van der Waals surface area contributed by atoms with E-state index in [2.05, 4.69) is 36.7 Å². The van der Waals surface area contributed by atoms with Crippen LogP contribution >= 0.6 is 11.3 Å². The van der Waals surface area contributed by atoms with Crippen LogP contribution in [0, 0.1) is 0 Å². The zero-order valence-corrected chi connectivity index (χ0v) is 10.4. The summed E-state index contributed by atoms with van der Waals surface area (Å²) in [6.45, 7) is 4.52. The Morgan fingerprint density at radius 1 is 1.00 bits per heavy atom. The molecular weight excluding hydrogens is 200 g/mol. The molecule has 0 spiro atoms. The lowest BCUT2D eigenvalue weighted by Gasteiger charge is -2.09. The van der Waals surface area contributed by atoms with Gasteiger partial charge in [-0.3, -0.25) is 0 Å². The van der Waals surface area contributed by atoms with Gasteiger partial charge in [-0.2, -0.15) is 11.3 Å². The van der Waals surface area contributed by atoms with E-state index < -0.39 is 0 Å². The van der Waals surface area contributed by atoms with E-state index in [1.54, 1.807) is 11.1 Å². The van der Waals surface area contributed by atoms with Gasteiger partial charge in [-0.25, -0.2) is 0 Å². The van der Waals surface area contributed by atoms with E-state index in [9.17, 15) is 0 Å². The van der Waals surface area contributed by atoms with E-state index in [-0.39, 0.29) is 0 Å². The number of hydrogen-bond acceptors (Lipinski definition) is 1. The number of rotatable bonds is 4. The van der Waals surface area contributed by atoms with Crippen molar-refractivity contribution in [2.45, 2.75) is 39.5 Å². The summed E-state index contributed by atoms with van der Waals surface area (Å²) in [5.41, 5.74) is 3.16. The molecule has 0 nitrogen and oxygen atoms in total. The highest BCUT2D eigenvalue weighted by molar-refractivity contribution is 7.09. The standard InChI is InChI=1S/C14H18S/c1-3-5-11-7-8-12-9-15-10-14(12)13(11)6-4-2/h7-10H,3-6H2,1-2H3. The van der Waals surface area contributed by atoms with Crippen molar-refractivity contribution < 1.29 is 0 Å². The Bertz CT molecular complexity index is 440. The predicted molar refractivity (Wildman–Crippen MR) is 69.8 cm³/mol. The molecule has 0 atom stereocenters. The third kappa shape index (κ3) is 2.07. The van der Waals surface area contributed by atoms with Crippen LogP contribution in [-0.2, 0) is 12.8 Å². The number of aryl methyl sites for hydroxylation is 2. The highest BCUT2D eigenvalue weighted by Crippen LogP contribution is 2.27. The topological polar surface area (TPSA) is 0 Å². The van der Waals surface area contributed by atoms with E-state index in [0.29, 0.717) is 0 Å². The molecule has 15 heavy (non-hydrogen) atoms. The molecule has 1 heteroatoms. The minimum Gasteiger partial charge on any atom is -0.151 e. The van der Waals surface area contributed by atoms with Crippen molar-refractivity contribution >= 4 is 22.1 Å². The second-order valence-electron chi connectivity index (χ2n) is 4.08. The Morgan fingerprint density at radius 3 is 2.53 bits per heavy atom. The highest BCUT2D eigenvalue weighted by atomic mass is 32.1. The lowest BCUT2D eigenvalue weighted by Crippen LogP contribution is -1.94. The van der Waals surface area contributed by atoms with Crippen LogP contribution in [-0.4, -0.2) is 0 Å². The van der Waals surface area contributed by atoms with E-state index in [1.807, 2.05) is 11.3 Å². The average Bonchev–Trinajstić information content (AvgIpc) is 2.70. The quantitative estimate of drug-likeness (QED) is 0.691. The van der Waals surface area contributed by atoms with Crippen LogP contribution in [0.1, 0.15) is 37.8 Å². The van der Waals surface area contributed by atoms with Crippen molar-refractivity contribution in [1.82, 2.24) is 0 Å². The summed E-state index contributed by atoms with van der Waals surface area (Å²) in [7, 11) is 0. The Kier molecular flexibility index (Phi) is 3.42. The van der Waals surface area contributed by atoms with Crippen molar-refractivity contribution in [2.75, 3.05) is 0 Å². The minimum absolute atomic E-state index is 1.22. The van der Waals surface area contributed by atoms with E-state index in [1.165, 1.54) is 36.5 Å². The molecule has 2 rings (SSSR count). The first-order valence-corrected chi connectivity index (χ1v) is 6.77. The van der Waals surface area contributed by atoms with Gasteiger partial charge in [0.05, 0.1) is 0 Å². The van der Waals surface area contributed by atoms with Crippen LogP contribution < -0.4 is 0 Å². The predicted octanol–water partition coefficient (Wildman–Crippen LogP) is 4.81. The number of benzene rings is 1. The maximum absolute atomic E-state index is 2.32. The van der Waals surface area contributed by atoms with Gasteiger partial charge in [0.25, 0.3) is 0 Å². The fourth-order valence-electron chi connectivity index (χ4n) is 2.19. The maximum Gasteiger partial charge on any atom is -0.00116 e. The molecule has 0 fully saturated rings. The normalized spacial score (nSPS) is 11.1. The van der Waals surface area contributed by atoms with Gasteiger partial charge in [0, 0.05) is 0 Å². The second kappa shape index (κ2) is 4.80. The van der Waals surface area contributed by atoms with Crippen LogP contribution in [0.5, 0.6) is 0 Å². The Labute approximate surface area is 95.9 Å². The third-order valence-corrected chi connectivity index (χ3v) is 3.65. The molecule has 0 radical (unpaired) electrons. The molecular formula is C14H18S. The summed E-state index contributed by atoms with van der Waals surface area (Å²) >= 11 is 1.82. The van der Waals surface area contributed by atoms with E-state index >= 15 is 0 Å². The monoisotopic (exact) mass is 218 g/mol. The van der Waals surface area contributed by atoms with Gasteiger partial charge in [-0.1, -0.05) is 38.8 Å². The lowest BCUT2D eigenvalue weighted by molar-refractivity contribution is 0.868. The van der Waals surface area contributed by atoms with Gasteiger partial charge < -0.3 is 0 Å². The molecule has 0 saturated heterocycles. The first-order chi connectivity index (χ1) is 7.36. The summed E-state index contributed by atoms with van der Waals surface area (Å²) in [6, 6.07) is 4.60. The second-order valence-corrected chi connectivity index (χ2v) is 4.82. The summed E-state index contributed by atoms with van der Waals surface area (Å²) < 4.78 is 0. The smallest absolute Gasteiger partial charge is 0.00116 e. The van der Waals surface area contributed by atoms with Crippen molar-refractivity contribution in [3.8, 4) is 0 Å². The fourth-order valence-corrected chi connectivity index (χ4v) is 3.03. The number of hydrogen-bond donors (Lipinski definition) is 0. The highest BCUT2D eigenvalue weighted by Gasteiger charge is 2.06. The zero-order chi connectivity index (χ0) is 10.7. The van der Waals surface area contributed by atoms with Crippen LogP contribution in [0.2, 0.25) is 0 Å². The molecule has 0 bridgehead atoms. The average molecular weight is 218 g/mol. The molecule has 1 aromatic heterocycles. The lowest BCUT2D eigenvalue weighted by atomic mass is 9.96. The molecule has 0 amide bonds. The van der Waals surface area contributed by atoms with Gasteiger partial charge in [-0.05, 0) is 45.5 Å². The molecule has 0 aliphatic carbocycles. The van der Waals surface area contributed by atoms with Gasteiger partial charge in [0.2, 0.25) is 0 Å². The Balaban J connectivity index is 2.53. The maximum atomic E-state index is 2.32. The minimum atomic E-state index is 1.22. The Morgan fingerprint density at radius 2 is 1.80 bits per heavy atom. The number of thiophene rings is 1. The molecule has 0 unspecified atom stereocenters. The largest absolute Gasteiger partial charge is 0.151 e. The van der Waals surface area contributed by atoms with Gasteiger partial charge >= 0.3 is 0 Å². The molecule has 1 aromatic carbocycles. The summed E-state index contributed by atoms with van der Waals surface area (Å²) in [5, 5.41) is 7.47. The van der Waals surface area contributed by atoms with Crippen LogP contribution in [0.15, 0.2) is 22.9 Å². The Hall–Kier alpha value is -0.820. The molecule has 0 saturated carbocycles. The SMILES string of the molecule is CCCc1ccc2cscc2c1CCC. The van der Waals surface area contributed by atoms with Crippen molar-refractivity contribution in [2.24, 2.45) is 0 Å². The molecule has 0 N–H and O–H groups in total. The molecule has 2 aromatic rings. The molecule has 1 heterocycles. The molecule has 0 aliphatic rings. The van der Waals surface area contributed by atoms with Crippen LogP contribution in [0.25, 0.3) is 10.8 Å². The summed E-state index contributed by atoms with van der Waals surface area (Å²) in [5.74, 6) is 0. The van der Waals surface area contributed by atoms with Crippen molar-refractivity contribution in [3.05, 3.63) is 34.0 Å². The number of fused-ring (bicyclic) bond motifs is 1. The van der Waals surface area contributed by atoms with Gasteiger partial charge in [-0.15, -0.1) is 0 Å². The summed E-state index contributed by atoms with van der Waals surface area (Å²) in [4.78, 5) is 0. The van der Waals surface area contributed by atoms with E-state index in [4.69, 9.17) is 0 Å². The zero-order valence-electron chi connectivity index (χ0n) is 9.55. The van der Waals surface area contributed by atoms with Gasteiger partial charge in [0.1, 0.15) is 0 Å². The summed E-state index contributed by atoms with van der Waals surface area (Å²) in [6.07, 6.45) is 4.93. The first-order valence-electron chi connectivity index (χ1n) is 5.83. The van der Waals surface area contributed by atoms with Gasteiger partial charge in [0.15, 0.2) is 0 Å². The third-order valence-electron chi connectivity index (χ3n) is 2.89. The van der Waals surface area contributed by atoms with Crippen molar-refractivity contribution in [3.63, 3.8) is 0 Å². The van der Waals surface area contributed by atoms with Crippen molar-refractivity contribution in [1.29, 1.82) is 0 Å². The van der Waals surface area contributed by atoms with Crippen LogP contribution in [0.3, 0.4) is 0 Å².